The summed E-state index contributed by atoms with van der Waals surface area (Å²) in [6, 6.07) is 6.81. The van der Waals surface area contributed by atoms with Crippen LogP contribution in [0.3, 0.4) is 0 Å². The van der Waals surface area contributed by atoms with Crippen LogP contribution in [0.1, 0.15) is 22.5 Å². The quantitative estimate of drug-likeness (QED) is 0.850. The van der Waals surface area contributed by atoms with E-state index in [1.54, 1.807) is 18.2 Å². The third-order valence-corrected chi connectivity index (χ3v) is 4.37. The van der Waals surface area contributed by atoms with Crippen LogP contribution in [0.15, 0.2) is 47.9 Å². The molecule has 1 unspecified atom stereocenters. The van der Waals surface area contributed by atoms with Crippen molar-refractivity contribution in [3.05, 3.63) is 59.1 Å². The van der Waals surface area contributed by atoms with Crippen molar-refractivity contribution in [2.45, 2.75) is 11.8 Å². The Hall–Kier alpha value is -1.91. The predicted octanol–water partition coefficient (Wildman–Crippen LogP) is 4.46. The molecular weight excluding hydrogens is 306 g/mol. The smallest absolute Gasteiger partial charge is 0.335 e. The molecule has 0 fully saturated rings. The lowest BCUT2D eigenvalue weighted by Crippen LogP contribution is -1.98. The van der Waals surface area contributed by atoms with Crippen LogP contribution in [-0.2, 0) is 0 Å². The number of halogens is 1. The molecular formula is C16H12ClNO2S. The van der Waals surface area contributed by atoms with Gasteiger partial charge in [-0.2, -0.15) is 0 Å². The van der Waals surface area contributed by atoms with Crippen LogP contribution in [0.2, 0.25) is 0 Å². The normalized spacial score (nSPS) is 17.6. The highest BCUT2D eigenvalue weighted by atomic mass is 35.5. The molecule has 1 aliphatic rings. The molecule has 0 radical (unpaired) electrons. The van der Waals surface area contributed by atoms with E-state index >= 15 is 0 Å². The van der Waals surface area contributed by atoms with Gasteiger partial charge in [0.15, 0.2) is 0 Å². The maximum absolute atomic E-state index is 11.0. The molecule has 3 nitrogen and oxygen atoms in total. The van der Waals surface area contributed by atoms with E-state index in [0.29, 0.717) is 0 Å². The van der Waals surface area contributed by atoms with Gasteiger partial charge in [-0.05, 0) is 24.1 Å². The SMILES string of the molecule is O=C(O)c1cccc(-c2nc(C3=CC(Cl)CC=C3)cs2)c1. The Morgan fingerprint density at radius 2 is 2.29 bits per heavy atom. The Balaban J connectivity index is 1.93. The molecule has 5 heteroatoms. The molecule has 0 bridgehead atoms. The summed E-state index contributed by atoms with van der Waals surface area (Å²) in [5.74, 6) is -0.934. The molecule has 1 aliphatic carbocycles. The Morgan fingerprint density at radius 3 is 3.05 bits per heavy atom. The number of carbonyl (C=O) groups is 1. The number of carboxylic acid groups (broad SMARTS) is 1. The van der Waals surface area contributed by atoms with Crippen molar-refractivity contribution in [2.24, 2.45) is 0 Å². The molecule has 1 atom stereocenters. The number of nitrogens with zero attached hydrogens (tertiary/aromatic N) is 1. The van der Waals surface area contributed by atoms with Gasteiger partial charge in [0, 0.05) is 10.9 Å². The van der Waals surface area contributed by atoms with Gasteiger partial charge in [-0.25, -0.2) is 9.78 Å². The van der Waals surface area contributed by atoms with Crippen molar-refractivity contribution < 1.29 is 9.90 Å². The molecule has 1 aromatic heterocycles. The molecule has 0 saturated heterocycles. The van der Waals surface area contributed by atoms with Gasteiger partial charge in [-0.15, -0.1) is 22.9 Å². The maximum atomic E-state index is 11.0. The number of benzene rings is 1. The van der Waals surface area contributed by atoms with E-state index in [1.807, 2.05) is 29.7 Å². The second kappa shape index (κ2) is 5.84. The van der Waals surface area contributed by atoms with E-state index in [-0.39, 0.29) is 10.9 Å². The number of hydrogen-bond acceptors (Lipinski definition) is 3. The number of carboxylic acids is 1. The second-order valence-corrected chi connectivity index (χ2v) is 6.12. The Bertz CT molecular complexity index is 748. The number of allylic oxidation sites excluding steroid dienone is 4. The molecule has 3 rings (SSSR count). The van der Waals surface area contributed by atoms with E-state index in [2.05, 4.69) is 4.98 Å². The van der Waals surface area contributed by atoms with Gasteiger partial charge in [0.2, 0.25) is 0 Å². The standard InChI is InChI=1S/C16H12ClNO2S/c17-13-6-2-3-10(8-13)14-9-21-15(18-14)11-4-1-5-12(7-11)16(19)20/h1-5,7-9,13H,6H2,(H,19,20). The zero-order valence-corrected chi connectivity index (χ0v) is 12.6. The highest BCUT2D eigenvalue weighted by molar-refractivity contribution is 7.13. The fourth-order valence-corrected chi connectivity index (χ4v) is 3.20. The maximum Gasteiger partial charge on any atom is 0.335 e. The first-order chi connectivity index (χ1) is 10.1. The number of hydrogen-bond donors (Lipinski definition) is 1. The summed E-state index contributed by atoms with van der Waals surface area (Å²) in [5.41, 5.74) is 2.96. The highest BCUT2D eigenvalue weighted by Crippen LogP contribution is 2.30. The molecule has 1 heterocycles. The number of aromatic carboxylic acids is 1. The molecule has 0 spiro atoms. The largest absolute Gasteiger partial charge is 0.478 e. The third kappa shape index (κ3) is 3.06. The number of aromatic nitrogens is 1. The van der Waals surface area contributed by atoms with E-state index in [1.165, 1.54) is 11.3 Å². The van der Waals surface area contributed by atoms with Gasteiger partial charge >= 0.3 is 5.97 Å². The fraction of sp³-hybridized carbons (Fsp3) is 0.125. The fourth-order valence-electron chi connectivity index (χ4n) is 2.14. The Labute approximate surface area is 131 Å². The van der Waals surface area contributed by atoms with Crippen LogP contribution in [0.5, 0.6) is 0 Å². The molecule has 1 N–H and O–H groups in total. The van der Waals surface area contributed by atoms with Crippen molar-refractivity contribution in [3.63, 3.8) is 0 Å². The lowest BCUT2D eigenvalue weighted by atomic mass is 10.0. The summed E-state index contributed by atoms with van der Waals surface area (Å²) in [7, 11) is 0. The minimum atomic E-state index is -0.934. The van der Waals surface area contributed by atoms with Crippen molar-refractivity contribution >= 4 is 34.5 Å². The Kier molecular flexibility index (Phi) is 3.90. The van der Waals surface area contributed by atoms with Crippen molar-refractivity contribution in [1.29, 1.82) is 0 Å². The average molecular weight is 318 g/mol. The van der Waals surface area contributed by atoms with Gasteiger partial charge in [0.25, 0.3) is 0 Å². The average Bonchev–Trinajstić information content (AvgIpc) is 2.97. The topological polar surface area (TPSA) is 50.2 Å². The van der Waals surface area contributed by atoms with Gasteiger partial charge in [0.1, 0.15) is 5.01 Å². The highest BCUT2D eigenvalue weighted by Gasteiger charge is 2.12. The molecule has 0 saturated carbocycles. The monoisotopic (exact) mass is 317 g/mol. The van der Waals surface area contributed by atoms with E-state index in [4.69, 9.17) is 16.7 Å². The zero-order valence-electron chi connectivity index (χ0n) is 11.0. The molecule has 21 heavy (non-hydrogen) atoms. The van der Waals surface area contributed by atoms with Crippen molar-refractivity contribution in [1.82, 2.24) is 4.98 Å². The first-order valence-electron chi connectivity index (χ1n) is 6.45. The number of thiazole rings is 1. The summed E-state index contributed by atoms with van der Waals surface area (Å²) >= 11 is 7.62. The summed E-state index contributed by atoms with van der Waals surface area (Å²) in [6.45, 7) is 0. The second-order valence-electron chi connectivity index (χ2n) is 4.70. The van der Waals surface area contributed by atoms with Gasteiger partial charge in [-0.3, -0.25) is 0 Å². The summed E-state index contributed by atoms with van der Waals surface area (Å²) in [4.78, 5) is 15.6. The number of alkyl halides is 1. The van der Waals surface area contributed by atoms with Crippen molar-refractivity contribution in [2.75, 3.05) is 0 Å². The summed E-state index contributed by atoms with van der Waals surface area (Å²) in [6.07, 6.45) is 6.89. The Morgan fingerprint density at radius 1 is 1.43 bits per heavy atom. The molecule has 0 amide bonds. The van der Waals surface area contributed by atoms with Crippen molar-refractivity contribution in [3.8, 4) is 10.6 Å². The minimum absolute atomic E-state index is 0.00508. The van der Waals surface area contributed by atoms with Crippen LogP contribution in [0, 0.1) is 0 Å². The van der Waals surface area contributed by atoms with Crippen LogP contribution >= 0.6 is 22.9 Å². The molecule has 106 valence electrons. The third-order valence-electron chi connectivity index (χ3n) is 3.18. The van der Waals surface area contributed by atoms with Crippen LogP contribution < -0.4 is 0 Å². The first kappa shape index (κ1) is 14.0. The van der Waals surface area contributed by atoms with Gasteiger partial charge in [-0.1, -0.05) is 30.4 Å². The van der Waals surface area contributed by atoms with Crippen LogP contribution in [0.4, 0.5) is 0 Å². The number of rotatable bonds is 3. The lowest BCUT2D eigenvalue weighted by molar-refractivity contribution is 0.0697. The van der Waals surface area contributed by atoms with E-state index in [0.717, 1.165) is 28.3 Å². The van der Waals surface area contributed by atoms with Gasteiger partial charge < -0.3 is 5.11 Å². The zero-order chi connectivity index (χ0) is 14.8. The summed E-state index contributed by atoms with van der Waals surface area (Å²) < 4.78 is 0. The lowest BCUT2D eigenvalue weighted by Gasteiger charge is -2.08. The van der Waals surface area contributed by atoms with E-state index < -0.39 is 5.97 Å². The predicted molar refractivity (Wildman–Crippen MR) is 85.9 cm³/mol. The van der Waals surface area contributed by atoms with Crippen LogP contribution in [-0.4, -0.2) is 21.4 Å². The van der Waals surface area contributed by atoms with Crippen LogP contribution in [0.25, 0.3) is 16.1 Å². The molecule has 1 aromatic carbocycles. The van der Waals surface area contributed by atoms with Gasteiger partial charge in [0.05, 0.1) is 16.6 Å². The first-order valence-corrected chi connectivity index (χ1v) is 7.77. The minimum Gasteiger partial charge on any atom is -0.478 e. The molecule has 2 aromatic rings. The molecule has 0 aliphatic heterocycles. The van der Waals surface area contributed by atoms with E-state index in [9.17, 15) is 4.79 Å². The summed E-state index contributed by atoms with van der Waals surface area (Å²) in [5, 5.41) is 11.8.